The van der Waals surface area contributed by atoms with Gasteiger partial charge in [0.25, 0.3) is 5.91 Å². The SMILES string of the molecule is CCOc1ccc(Cc2cc(C3OC(COc4cccc(C(=O)N5CCCC5)c4)C(O)C(O)C3O)ccc2Cl)cc1. The van der Waals surface area contributed by atoms with Gasteiger partial charge >= 0.3 is 0 Å². The van der Waals surface area contributed by atoms with Gasteiger partial charge in [0, 0.05) is 23.7 Å². The second-order valence-electron chi connectivity index (χ2n) is 10.5. The Kier molecular flexibility index (Phi) is 9.47. The molecule has 2 aliphatic heterocycles. The number of hydrogen-bond donors (Lipinski definition) is 3. The molecule has 3 aromatic carbocycles. The summed E-state index contributed by atoms with van der Waals surface area (Å²) >= 11 is 6.51. The predicted molar refractivity (Wildman–Crippen MR) is 155 cm³/mol. The van der Waals surface area contributed by atoms with Crippen molar-refractivity contribution in [2.75, 3.05) is 26.3 Å². The monoisotopic (exact) mass is 581 g/mol. The normalized spacial score (nSPS) is 24.3. The Hall–Kier alpha value is -3.14. The van der Waals surface area contributed by atoms with E-state index in [2.05, 4.69) is 0 Å². The summed E-state index contributed by atoms with van der Waals surface area (Å²) in [7, 11) is 0. The lowest BCUT2D eigenvalue weighted by molar-refractivity contribution is -0.230. The van der Waals surface area contributed by atoms with Gasteiger partial charge in [-0.15, -0.1) is 0 Å². The van der Waals surface area contributed by atoms with E-state index >= 15 is 0 Å². The molecule has 2 aliphatic rings. The van der Waals surface area contributed by atoms with Gasteiger partial charge < -0.3 is 34.4 Å². The van der Waals surface area contributed by atoms with Crippen molar-refractivity contribution in [1.29, 1.82) is 0 Å². The van der Waals surface area contributed by atoms with Gasteiger partial charge in [0.1, 0.15) is 48.6 Å². The first-order valence-corrected chi connectivity index (χ1v) is 14.4. The van der Waals surface area contributed by atoms with Crippen molar-refractivity contribution in [3.05, 3.63) is 94.0 Å². The number of hydrogen-bond acceptors (Lipinski definition) is 7. The van der Waals surface area contributed by atoms with Crippen molar-refractivity contribution in [1.82, 2.24) is 4.90 Å². The highest BCUT2D eigenvalue weighted by atomic mass is 35.5. The molecule has 0 aromatic heterocycles. The number of ether oxygens (including phenoxy) is 3. The summed E-state index contributed by atoms with van der Waals surface area (Å²) in [6, 6.07) is 20.0. The third-order valence-electron chi connectivity index (χ3n) is 7.63. The zero-order valence-corrected chi connectivity index (χ0v) is 23.7. The van der Waals surface area contributed by atoms with Crippen LogP contribution in [0, 0.1) is 0 Å². The number of likely N-dealkylation sites (tertiary alicyclic amines) is 1. The van der Waals surface area contributed by atoms with Gasteiger partial charge in [-0.25, -0.2) is 0 Å². The van der Waals surface area contributed by atoms with Crippen molar-refractivity contribution in [2.45, 2.75) is 56.7 Å². The van der Waals surface area contributed by atoms with Crippen LogP contribution in [0.5, 0.6) is 11.5 Å². The van der Waals surface area contributed by atoms with Gasteiger partial charge in [0.2, 0.25) is 0 Å². The van der Waals surface area contributed by atoms with E-state index in [1.54, 1.807) is 36.4 Å². The van der Waals surface area contributed by atoms with Gasteiger partial charge in [0.05, 0.1) is 6.61 Å². The van der Waals surface area contributed by atoms with Gasteiger partial charge in [-0.3, -0.25) is 4.79 Å². The van der Waals surface area contributed by atoms with Crippen molar-refractivity contribution >= 4 is 17.5 Å². The number of carbonyl (C=O) groups is 1. The molecule has 0 aliphatic carbocycles. The topological polar surface area (TPSA) is 109 Å². The number of nitrogens with zero attached hydrogens (tertiary/aromatic N) is 1. The lowest BCUT2D eigenvalue weighted by Gasteiger charge is -2.40. The largest absolute Gasteiger partial charge is 0.494 e. The number of amides is 1. The Balaban J connectivity index is 1.28. The van der Waals surface area contributed by atoms with Crippen LogP contribution in [0.4, 0.5) is 0 Å². The fourth-order valence-electron chi connectivity index (χ4n) is 5.36. The van der Waals surface area contributed by atoms with E-state index in [1.807, 2.05) is 42.2 Å². The molecule has 1 amide bonds. The summed E-state index contributed by atoms with van der Waals surface area (Å²) in [4.78, 5) is 14.6. The number of benzene rings is 3. The van der Waals surface area contributed by atoms with E-state index in [1.165, 1.54) is 0 Å². The molecule has 5 rings (SSSR count). The highest BCUT2D eigenvalue weighted by Gasteiger charge is 2.44. The standard InChI is InChI=1S/C32H36ClNO7/c1-2-39-24-11-8-20(9-12-24)16-23-17-21(10-13-26(23)33)31-30(37)29(36)28(35)27(41-31)19-40-25-7-5-6-22(18-25)32(38)34-14-3-4-15-34/h5-13,17-18,27-31,35-37H,2-4,14-16,19H2,1H3. The zero-order valence-electron chi connectivity index (χ0n) is 23.0. The molecule has 0 spiro atoms. The number of aliphatic hydroxyl groups excluding tert-OH is 3. The summed E-state index contributed by atoms with van der Waals surface area (Å²) in [6.45, 7) is 3.94. The molecule has 5 unspecified atom stereocenters. The smallest absolute Gasteiger partial charge is 0.253 e. The highest BCUT2D eigenvalue weighted by molar-refractivity contribution is 6.31. The van der Waals surface area contributed by atoms with Crippen LogP contribution in [0.2, 0.25) is 5.02 Å². The van der Waals surface area contributed by atoms with Gasteiger partial charge in [-0.1, -0.05) is 41.9 Å². The number of rotatable bonds is 9. The Morgan fingerprint density at radius 1 is 0.927 bits per heavy atom. The molecule has 3 N–H and O–H groups in total. The van der Waals surface area contributed by atoms with Crippen LogP contribution in [-0.4, -0.2) is 76.8 Å². The van der Waals surface area contributed by atoms with E-state index in [4.69, 9.17) is 25.8 Å². The summed E-state index contributed by atoms with van der Waals surface area (Å²) in [5.74, 6) is 1.21. The second-order valence-corrected chi connectivity index (χ2v) is 10.9. The fraction of sp³-hybridized carbons (Fsp3) is 0.406. The van der Waals surface area contributed by atoms with Crippen LogP contribution in [0.3, 0.4) is 0 Å². The molecule has 41 heavy (non-hydrogen) atoms. The minimum absolute atomic E-state index is 0.0377. The third kappa shape index (κ3) is 6.85. The van der Waals surface area contributed by atoms with Crippen LogP contribution in [-0.2, 0) is 11.2 Å². The molecule has 2 saturated heterocycles. The molecule has 3 aromatic rings. The molecular weight excluding hydrogens is 546 g/mol. The van der Waals surface area contributed by atoms with E-state index in [9.17, 15) is 20.1 Å². The molecular formula is C32H36ClNO7. The first kappa shape index (κ1) is 29.4. The minimum Gasteiger partial charge on any atom is -0.494 e. The summed E-state index contributed by atoms with van der Waals surface area (Å²) < 4.78 is 17.5. The maximum atomic E-state index is 12.8. The molecule has 218 valence electrons. The minimum atomic E-state index is -1.45. The van der Waals surface area contributed by atoms with E-state index in [0.717, 1.165) is 42.8 Å². The number of halogens is 1. The Labute approximate surface area is 245 Å². The van der Waals surface area contributed by atoms with Crippen LogP contribution in [0.15, 0.2) is 66.7 Å². The lowest BCUT2D eigenvalue weighted by Crippen LogP contribution is -2.55. The average Bonchev–Trinajstić information content (AvgIpc) is 3.53. The molecule has 9 heteroatoms. The quantitative estimate of drug-likeness (QED) is 0.348. The Bertz CT molecular complexity index is 1330. The van der Waals surface area contributed by atoms with Crippen molar-refractivity contribution < 1.29 is 34.3 Å². The molecule has 0 radical (unpaired) electrons. The van der Waals surface area contributed by atoms with E-state index in [-0.39, 0.29) is 12.5 Å². The van der Waals surface area contributed by atoms with Gasteiger partial charge in [-0.05, 0) is 79.3 Å². The highest BCUT2D eigenvalue weighted by Crippen LogP contribution is 2.35. The van der Waals surface area contributed by atoms with E-state index in [0.29, 0.717) is 34.9 Å². The first-order chi connectivity index (χ1) is 19.8. The maximum absolute atomic E-state index is 12.8. The van der Waals surface area contributed by atoms with Crippen LogP contribution >= 0.6 is 11.6 Å². The van der Waals surface area contributed by atoms with Crippen LogP contribution < -0.4 is 9.47 Å². The Morgan fingerprint density at radius 3 is 2.41 bits per heavy atom. The predicted octanol–water partition coefficient (Wildman–Crippen LogP) is 4.17. The molecule has 0 bridgehead atoms. The zero-order chi connectivity index (χ0) is 28.9. The molecule has 5 atom stereocenters. The van der Waals surface area contributed by atoms with Crippen molar-refractivity contribution in [3.63, 3.8) is 0 Å². The Morgan fingerprint density at radius 2 is 1.68 bits per heavy atom. The first-order valence-electron chi connectivity index (χ1n) is 14.1. The van der Waals surface area contributed by atoms with Crippen LogP contribution in [0.1, 0.15) is 52.9 Å². The third-order valence-corrected chi connectivity index (χ3v) is 8.00. The number of carbonyl (C=O) groups excluding carboxylic acids is 1. The van der Waals surface area contributed by atoms with Gasteiger partial charge in [0.15, 0.2) is 0 Å². The molecule has 2 fully saturated rings. The summed E-state index contributed by atoms with van der Waals surface area (Å²) in [5.41, 5.74) is 3.02. The lowest BCUT2D eigenvalue weighted by atomic mass is 9.90. The van der Waals surface area contributed by atoms with Gasteiger partial charge in [-0.2, -0.15) is 0 Å². The second kappa shape index (κ2) is 13.2. The van der Waals surface area contributed by atoms with E-state index < -0.39 is 30.5 Å². The fourth-order valence-corrected chi connectivity index (χ4v) is 5.55. The molecule has 0 saturated carbocycles. The maximum Gasteiger partial charge on any atom is 0.253 e. The molecule has 8 nitrogen and oxygen atoms in total. The average molecular weight is 582 g/mol. The van der Waals surface area contributed by atoms with Crippen molar-refractivity contribution in [2.24, 2.45) is 0 Å². The number of aliphatic hydroxyl groups is 3. The summed E-state index contributed by atoms with van der Waals surface area (Å²) in [5, 5.41) is 32.8. The molecule has 2 heterocycles. The van der Waals surface area contributed by atoms with Crippen molar-refractivity contribution in [3.8, 4) is 11.5 Å². The van der Waals surface area contributed by atoms with Crippen LogP contribution in [0.25, 0.3) is 0 Å². The summed E-state index contributed by atoms with van der Waals surface area (Å²) in [6.07, 6.45) is -3.46.